The van der Waals surface area contributed by atoms with E-state index in [1.165, 1.54) is 0 Å². The van der Waals surface area contributed by atoms with E-state index in [9.17, 15) is 4.79 Å². The van der Waals surface area contributed by atoms with E-state index in [4.69, 9.17) is 9.47 Å². The van der Waals surface area contributed by atoms with Gasteiger partial charge in [0.15, 0.2) is 11.5 Å². The number of carbonyl (C=O) groups is 1. The predicted octanol–water partition coefficient (Wildman–Crippen LogP) is 5.55. The van der Waals surface area contributed by atoms with Crippen LogP contribution >= 0.6 is 15.9 Å². The SMILES string of the molecule is CCOc1ccc(CCNc2ncccc2C(=O)Nc2ccccc2Br)cc1OCC. The maximum Gasteiger partial charge on any atom is 0.259 e. The molecule has 7 heteroatoms. The van der Waals surface area contributed by atoms with Crippen molar-refractivity contribution in [3.05, 3.63) is 76.4 Å². The lowest BCUT2D eigenvalue weighted by Crippen LogP contribution is -2.17. The second kappa shape index (κ2) is 11.4. The van der Waals surface area contributed by atoms with Crippen LogP contribution in [0.2, 0.25) is 0 Å². The van der Waals surface area contributed by atoms with Crippen molar-refractivity contribution in [1.82, 2.24) is 4.98 Å². The Morgan fingerprint density at radius 1 is 1.00 bits per heavy atom. The fourth-order valence-corrected chi connectivity index (χ4v) is 3.44. The molecule has 1 aromatic heterocycles. The molecule has 0 radical (unpaired) electrons. The monoisotopic (exact) mass is 483 g/mol. The number of nitrogens with zero attached hydrogens (tertiary/aromatic N) is 1. The number of benzene rings is 2. The number of rotatable bonds is 10. The summed E-state index contributed by atoms with van der Waals surface area (Å²) in [7, 11) is 0. The van der Waals surface area contributed by atoms with E-state index in [-0.39, 0.29) is 5.91 Å². The molecule has 0 spiro atoms. The van der Waals surface area contributed by atoms with Gasteiger partial charge in [-0.25, -0.2) is 4.98 Å². The molecule has 162 valence electrons. The van der Waals surface area contributed by atoms with Crippen molar-refractivity contribution < 1.29 is 14.3 Å². The number of nitrogens with one attached hydrogen (secondary N) is 2. The summed E-state index contributed by atoms with van der Waals surface area (Å²) in [6, 6.07) is 16.9. The van der Waals surface area contributed by atoms with Gasteiger partial charge in [0.2, 0.25) is 0 Å². The van der Waals surface area contributed by atoms with Gasteiger partial charge in [-0.2, -0.15) is 0 Å². The number of halogens is 1. The first-order valence-corrected chi connectivity index (χ1v) is 11.0. The fraction of sp³-hybridized carbons (Fsp3) is 0.250. The van der Waals surface area contributed by atoms with Gasteiger partial charge in [-0.15, -0.1) is 0 Å². The van der Waals surface area contributed by atoms with Crippen LogP contribution in [0.1, 0.15) is 29.8 Å². The third kappa shape index (κ3) is 6.21. The maximum absolute atomic E-state index is 12.8. The van der Waals surface area contributed by atoms with Gasteiger partial charge in [-0.05, 0) is 78.2 Å². The largest absolute Gasteiger partial charge is 0.490 e. The van der Waals surface area contributed by atoms with Crippen LogP contribution in [-0.4, -0.2) is 30.6 Å². The number of hydrogen-bond donors (Lipinski definition) is 2. The minimum absolute atomic E-state index is 0.220. The zero-order valence-corrected chi connectivity index (χ0v) is 19.2. The summed E-state index contributed by atoms with van der Waals surface area (Å²) in [4.78, 5) is 17.1. The topological polar surface area (TPSA) is 72.5 Å². The normalized spacial score (nSPS) is 10.4. The van der Waals surface area contributed by atoms with E-state index >= 15 is 0 Å². The highest BCUT2D eigenvalue weighted by Gasteiger charge is 2.14. The van der Waals surface area contributed by atoms with Gasteiger partial charge in [-0.1, -0.05) is 18.2 Å². The van der Waals surface area contributed by atoms with E-state index in [2.05, 4.69) is 31.5 Å². The van der Waals surface area contributed by atoms with Crippen molar-refractivity contribution in [2.75, 3.05) is 30.4 Å². The Balaban J connectivity index is 1.66. The van der Waals surface area contributed by atoms with Crippen LogP contribution in [0, 0.1) is 0 Å². The highest BCUT2D eigenvalue weighted by Crippen LogP contribution is 2.29. The second-order valence-electron chi connectivity index (χ2n) is 6.66. The maximum atomic E-state index is 12.8. The molecule has 0 fully saturated rings. The Hall–Kier alpha value is -3.06. The van der Waals surface area contributed by atoms with Crippen LogP contribution in [0.25, 0.3) is 0 Å². The lowest BCUT2D eigenvalue weighted by Gasteiger charge is -2.14. The molecule has 3 rings (SSSR count). The second-order valence-corrected chi connectivity index (χ2v) is 7.51. The van der Waals surface area contributed by atoms with E-state index in [0.29, 0.717) is 36.8 Å². The molecule has 2 N–H and O–H groups in total. The number of para-hydroxylation sites is 1. The zero-order valence-electron chi connectivity index (χ0n) is 17.7. The average molecular weight is 484 g/mol. The molecule has 0 bridgehead atoms. The van der Waals surface area contributed by atoms with E-state index in [1.54, 1.807) is 18.3 Å². The van der Waals surface area contributed by atoms with Crippen LogP contribution in [0.4, 0.5) is 11.5 Å². The minimum atomic E-state index is -0.220. The summed E-state index contributed by atoms with van der Waals surface area (Å²) in [5.41, 5.74) is 2.30. The van der Waals surface area contributed by atoms with Crippen molar-refractivity contribution in [2.24, 2.45) is 0 Å². The summed E-state index contributed by atoms with van der Waals surface area (Å²) in [5.74, 6) is 1.82. The van der Waals surface area contributed by atoms with E-state index in [0.717, 1.165) is 28.0 Å². The summed E-state index contributed by atoms with van der Waals surface area (Å²) >= 11 is 3.45. The first-order chi connectivity index (χ1) is 15.1. The minimum Gasteiger partial charge on any atom is -0.490 e. The Bertz CT molecular complexity index is 1030. The zero-order chi connectivity index (χ0) is 22.1. The predicted molar refractivity (Wildman–Crippen MR) is 127 cm³/mol. The van der Waals surface area contributed by atoms with E-state index < -0.39 is 0 Å². The first-order valence-electron chi connectivity index (χ1n) is 10.3. The quantitative estimate of drug-likeness (QED) is 0.395. The molecule has 1 heterocycles. The molecule has 3 aromatic rings. The van der Waals surface area contributed by atoms with Gasteiger partial charge in [0.25, 0.3) is 5.91 Å². The molecule has 0 aliphatic rings. The lowest BCUT2D eigenvalue weighted by molar-refractivity contribution is 0.102. The molecule has 0 unspecified atom stereocenters. The Morgan fingerprint density at radius 3 is 2.55 bits per heavy atom. The van der Waals surface area contributed by atoms with Crippen LogP contribution < -0.4 is 20.1 Å². The Morgan fingerprint density at radius 2 is 1.77 bits per heavy atom. The van der Waals surface area contributed by atoms with Gasteiger partial charge in [0.05, 0.1) is 24.5 Å². The fourth-order valence-electron chi connectivity index (χ4n) is 3.06. The van der Waals surface area contributed by atoms with Crippen molar-refractivity contribution >= 4 is 33.3 Å². The van der Waals surface area contributed by atoms with Gasteiger partial charge in [-0.3, -0.25) is 4.79 Å². The van der Waals surface area contributed by atoms with Crippen LogP contribution in [-0.2, 0) is 6.42 Å². The number of anilines is 2. The molecule has 6 nitrogen and oxygen atoms in total. The molecule has 0 aliphatic carbocycles. The summed E-state index contributed by atoms with van der Waals surface area (Å²) in [6.07, 6.45) is 2.41. The highest BCUT2D eigenvalue weighted by molar-refractivity contribution is 9.10. The van der Waals surface area contributed by atoms with Crippen LogP contribution in [0.3, 0.4) is 0 Å². The Labute approximate surface area is 191 Å². The summed E-state index contributed by atoms with van der Waals surface area (Å²) in [5, 5.41) is 6.20. The van der Waals surface area contributed by atoms with Gasteiger partial charge >= 0.3 is 0 Å². The summed E-state index contributed by atoms with van der Waals surface area (Å²) in [6.45, 7) is 5.68. The van der Waals surface area contributed by atoms with Crippen LogP contribution in [0.15, 0.2) is 65.3 Å². The van der Waals surface area contributed by atoms with Crippen LogP contribution in [0.5, 0.6) is 11.5 Å². The number of amides is 1. The highest BCUT2D eigenvalue weighted by atomic mass is 79.9. The number of carbonyl (C=O) groups excluding carboxylic acids is 1. The summed E-state index contributed by atoms with van der Waals surface area (Å²) < 4.78 is 12.1. The van der Waals surface area contributed by atoms with Gasteiger partial charge in [0, 0.05) is 17.2 Å². The molecule has 0 saturated carbocycles. The number of hydrogen-bond acceptors (Lipinski definition) is 5. The molecule has 1 amide bonds. The molecule has 31 heavy (non-hydrogen) atoms. The van der Waals surface area contributed by atoms with Gasteiger partial charge in [0.1, 0.15) is 5.82 Å². The van der Waals surface area contributed by atoms with Crippen molar-refractivity contribution in [1.29, 1.82) is 0 Å². The Kier molecular flexibility index (Phi) is 8.29. The van der Waals surface area contributed by atoms with E-state index in [1.807, 2.05) is 56.3 Å². The van der Waals surface area contributed by atoms with Crippen molar-refractivity contribution in [3.63, 3.8) is 0 Å². The third-order valence-electron chi connectivity index (χ3n) is 4.49. The van der Waals surface area contributed by atoms with Gasteiger partial charge < -0.3 is 20.1 Å². The number of aromatic nitrogens is 1. The molecule has 0 aliphatic heterocycles. The molecule has 0 saturated heterocycles. The molecular weight excluding hydrogens is 458 g/mol. The number of pyridine rings is 1. The number of ether oxygens (including phenoxy) is 2. The standard InChI is InChI=1S/C24H26BrN3O3/c1-3-30-21-12-11-17(16-22(21)31-4-2)13-15-27-23-18(8-7-14-26-23)24(29)28-20-10-6-5-9-19(20)25/h5-12,14,16H,3-4,13,15H2,1-2H3,(H,26,27)(H,28,29). The lowest BCUT2D eigenvalue weighted by atomic mass is 10.1. The molecular formula is C24H26BrN3O3. The molecule has 2 aromatic carbocycles. The van der Waals surface area contributed by atoms with Crippen molar-refractivity contribution in [2.45, 2.75) is 20.3 Å². The smallest absolute Gasteiger partial charge is 0.259 e. The average Bonchev–Trinajstić information content (AvgIpc) is 2.77. The third-order valence-corrected chi connectivity index (χ3v) is 5.18. The first kappa shape index (κ1) is 22.6. The molecule has 0 atom stereocenters. The van der Waals surface area contributed by atoms with Crippen molar-refractivity contribution in [3.8, 4) is 11.5 Å².